The van der Waals surface area contributed by atoms with Crippen LogP contribution in [0.4, 0.5) is 11.8 Å². The molecule has 25 heteroatoms. The van der Waals surface area contributed by atoms with Crippen LogP contribution in [0.25, 0.3) is 44.6 Å². The van der Waals surface area contributed by atoms with Crippen LogP contribution in [0.15, 0.2) is 70.1 Å². The van der Waals surface area contributed by atoms with E-state index in [4.69, 9.17) is 19.4 Å². The predicted molar refractivity (Wildman–Crippen MR) is 217 cm³/mol. The predicted octanol–water partition coefficient (Wildman–Crippen LogP) is 2.94. The Kier molecular flexibility index (Phi) is 12.7. The number of fused-ring (bicyclic) bond motifs is 3. The van der Waals surface area contributed by atoms with Gasteiger partial charge in [-0.1, -0.05) is 18.9 Å². The van der Waals surface area contributed by atoms with Crippen LogP contribution in [0.3, 0.4) is 0 Å². The number of rotatable bonds is 17. The Morgan fingerprint density at radius 1 is 0.919 bits per heavy atom. The van der Waals surface area contributed by atoms with Crippen molar-refractivity contribution in [1.82, 2.24) is 24.8 Å². The van der Waals surface area contributed by atoms with Crippen LogP contribution < -0.4 is 21.8 Å². The molecular weight excluding hydrogens is 860 g/mol. The molecule has 2 aromatic carbocycles. The van der Waals surface area contributed by atoms with Crippen molar-refractivity contribution in [1.29, 1.82) is 0 Å². The first kappa shape index (κ1) is 44.2. The lowest BCUT2D eigenvalue weighted by Crippen LogP contribution is -2.36. The number of phosphoric acid groups is 2. The molecule has 23 nitrogen and oxygen atoms in total. The fraction of sp³-hybridized carbons (Fsp3) is 0.297. The first-order valence-electron chi connectivity index (χ1n) is 18.7. The topological polar surface area (TPSA) is 361 Å². The first-order chi connectivity index (χ1) is 29.4. The molecule has 0 radical (unpaired) electrons. The molecule has 0 saturated carbocycles. The van der Waals surface area contributed by atoms with Crippen molar-refractivity contribution in [2.75, 3.05) is 30.7 Å². The maximum Gasteiger partial charge on any atom is 0.470 e. The number of phosphoric ester groups is 2. The van der Waals surface area contributed by atoms with Crippen LogP contribution in [-0.4, -0.2) is 104 Å². The van der Waals surface area contributed by atoms with Crippen molar-refractivity contribution in [3.05, 3.63) is 82.3 Å². The molecule has 4 atom stereocenters. The molecule has 0 bridgehead atoms. The van der Waals surface area contributed by atoms with Crippen molar-refractivity contribution >= 4 is 61.4 Å². The molecule has 1 amide bonds. The zero-order valence-electron chi connectivity index (χ0n) is 32.1. The van der Waals surface area contributed by atoms with E-state index in [1.54, 1.807) is 6.07 Å². The van der Waals surface area contributed by atoms with Gasteiger partial charge < -0.3 is 60.4 Å². The van der Waals surface area contributed by atoms with Crippen LogP contribution in [0.2, 0.25) is 0 Å². The largest absolute Gasteiger partial charge is 0.508 e. The number of aromatic hydroxyl groups is 1. The van der Waals surface area contributed by atoms with Crippen molar-refractivity contribution in [2.45, 2.75) is 50.2 Å². The third kappa shape index (κ3) is 9.77. The summed E-state index contributed by atoms with van der Waals surface area (Å²) >= 11 is 0. The average Bonchev–Trinajstić information content (AvgIpc) is 3.72. The normalized spacial score (nSPS) is 18.1. The summed E-state index contributed by atoms with van der Waals surface area (Å²) in [7, 11) is -10.3. The zero-order valence-corrected chi connectivity index (χ0v) is 33.9. The van der Waals surface area contributed by atoms with Crippen LogP contribution >= 0.6 is 15.6 Å². The van der Waals surface area contributed by atoms with Gasteiger partial charge in [0.1, 0.15) is 41.7 Å². The molecule has 1 saturated heterocycles. The number of nitrogens with two attached hydrogens (primary N) is 1. The summed E-state index contributed by atoms with van der Waals surface area (Å²) in [6, 6.07) is 12.8. The number of imidazole rings is 1. The number of phenols is 1. The second-order valence-corrected chi connectivity index (χ2v) is 16.5. The van der Waals surface area contributed by atoms with E-state index in [9.17, 15) is 58.4 Å². The van der Waals surface area contributed by atoms with E-state index in [1.807, 2.05) is 0 Å². The highest BCUT2D eigenvalue weighted by Gasteiger charge is 2.50. The van der Waals surface area contributed by atoms with Gasteiger partial charge in [-0.05, 0) is 54.8 Å². The maximum absolute atomic E-state index is 13.2. The molecule has 1 aliphatic carbocycles. The minimum atomic E-state index is -5.25. The number of nitrogen functional groups attached to an aromatic ring is 1. The Bertz CT molecular complexity index is 2790. The maximum atomic E-state index is 13.2. The smallest absolute Gasteiger partial charge is 0.470 e. The summed E-state index contributed by atoms with van der Waals surface area (Å²) in [5, 5.41) is 37.8. The number of hydrogen-bond donors (Lipinski definition) is 10. The third-order valence-corrected chi connectivity index (χ3v) is 10.9. The summed E-state index contributed by atoms with van der Waals surface area (Å²) in [4.78, 5) is 87.7. The fourth-order valence-electron chi connectivity index (χ4n) is 7.16. The minimum absolute atomic E-state index is 0.0395. The van der Waals surface area contributed by atoms with E-state index < -0.39 is 58.7 Å². The van der Waals surface area contributed by atoms with Gasteiger partial charge in [0.05, 0.1) is 12.2 Å². The lowest BCUT2D eigenvalue weighted by molar-refractivity contribution is -0.0492. The number of ether oxygens (including phenoxy) is 1. The third-order valence-electron chi connectivity index (χ3n) is 9.87. The summed E-state index contributed by atoms with van der Waals surface area (Å²) < 4.78 is 45.2. The van der Waals surface area contributed by atoms with Gasteiger partial charge in [0, 0.05) is 47.3 Å². The Balaban J connectivity index is 0.974. The number of anilines is 2. The molecule has 4 aromatic rings. The highest BCUT2D eigenvalue weighted by atomic mass is 31.2. The second kappa shape index (κ2) is 17.9. The molecule has 0 spiro atoms. The van der Waals surface area contributed by atoms with E-state index in [1.165, 1.54) is 53.1 Å². The lowest BCUT2D eigenvalue weighted by atomic mass is 9.90. The number of aliphatic hydroxyl groups excluding tert-OH is 1. The van der Waals surface area contributed by atoms with Crippen LogP contribution in [0.5, 0.6) is 5.75 Å². The number of amides is 1. The molecule has 4 heterocycles. The summed E-state index contributed by atoms with van der Waals surface area (Å²) in [6.07, 6.45) is -3.19. The van der Waals surface area contributed by atoms with E-state index in [2.05, 4.69) is 30.1 Å². The zero-order chi connectivity index (χ0) is 44.5. The van der Waals surface area contributed by atoms with Crippen molar-refractivity contribution < 1.29 is 71.8 Å². The Morgan fingerprint density at radius 2 is 1.66 bits per heavy atom. The number of carbonyl (C=O) groups is 2. The van der Waals surface area contributed by atoms with Crippen LogP contribution in [-0.2, 0) is 22.9 Å². The molecule has 328 valence electrons. The van der Waals surface area contributed by atoms with Gasteiger partial charge in [-0.25, -0.2) is 28.9 Å². The van der Waals surface area contributed by atoms with Crippen molar-refractivity contribution in [3.8, 4) is 28.2 Å². The van der Waals surface area contributed by atoms with Gasteiger partial charge in [-0.3, -0.25) is 23.2 Å². The van der Waals surface area contributed by atoms with Gasteiger partial charge in [0.2, 0.25) is 5.95 Å². The summed E-state index contributed by atoms with van der Waals surface area (Å²) in [6.45, 7) is -0.351. The van der Waals surface area contributed by atoms with Crippen LogP contribution in [0, 0.1) is 0 Å². The molecular formula is C37H39N7O16P2. The highest BCUT2D eigenvalue weighted by Crippen LogP contribution is 2.47. The van der Waals surface area contributed by atoms with Gasteiger partial charge >= 0.3 is 21.6 Å². The molecule has 11 N–H and O–H groups in total. The molecule has 2 aromatic heterocycles. The monoisotopic (exact) mass is 899 g/mol. The number of carboxylic acid groups (broad SMARTS) is 1. The average molecular weight is 900 g/mol. The quantitative estimate of drug-likeness (QED) is 0.0357. The van der Waals surface area contributed by atoms with Gasteiger partial charge in [-0.2, -0.15) is 0 Å². The van der Waals surface area contributed by atoms with Gasteiger partial charge in [0.15, 0.2) is 28.6 Å². The Labute approximate surface area is 348 Å². The molecule has 2 aliphatic heterocycles. The molecule has 1 fully saturated rings. The van der Waals surface area contributed by atoms with Gasteiger partial charge in [0.25, 0.3) is 5.91 Å². The Morgan fingerprint density at radius 3 is 2.39 bits per heavy atom. The van der Waals surface area contributed by atoms with Crippen molar-refractivity contribution in [2.24, 2.45) is 0 Å². The number of aliphatic hydroxyl groups is 1. The number of aromatic nitrogens is 4. The van der Waals surface area contributed by atoms with Crippen LogP contribution in [0.1, 0.15) is 52.6 Å². The van der Waals surface area contributed by atoms with E-state index in [0.717, 1.165) is 6.33 Å². The standard InChI is InChI=1S/C37H39N7O16P2/c38-32-29-33(42-17-41-32)44(35-30(47)31(60-62(54,55)56)27(59-35)16-57-61(51,52)53)37(43-29)40-12-4-2-1-3-11-39-34(48)18-5-8-21(24(13-18)36(49)50)28-22-9-6-19(45)14-25(22)58-26-15-20(46)7-10-23(26)28/h5-10,13-15,17,27,30-31,35,45,47H,1-4,11-12,16H2,(H,39,48)(H,40,43)(H,49,50)(H2,38,41,42)(H2,51,52,53)(H2,54,55,56)/t27-,30-,31-,35-/m1/s1. The number of carboxylic acids is 1. The molecule has 0 unspecified atom stereocenters. The minimum Gasteiger partial charge on any atom is -0.508 e. The lowest BCUT2D eigenvalue weighted by Gasteiger charge is -2.21. The molecule has 3 aliphatic rings. The Hall–Kier alpha value is -5.84. The van der Waals surface area contributed by atoms with Crippen molar-refractivity contribution in [3.63, 3.8) is 0 Å². The number of aromatic carboxylic acids is 1. The SMILES string of the molecule is Nc1ncnc2c1nc(NCCCCCCNC(=O)c1ccc(-c3c4ccc(=O)cc-4oc4cc(O)ccc34)c(C(=O)O)c1)n2[C@@H]1O[C@H](COP(=O)(O)O)[C@@H](OP(=O)(O)O)[C@H]1O. The number of unbranched alkanes of at least 4 members (excludes halogenated alkanes) is 3. The number of carbonyl (C=O) groups excluding carboxylic acids is 1. The molecule has 62 heavy (non-hydrogen) atoms. The highest BCUT2D eigenvalue weighted by molar-refractivity contribution is 7.46. The number of phenolic OH excluding ortho intramolecular Hbond substituents is 1. The summed E-state index contributed by atoms with van der Waals surface area (Å²) in [5.41, 5.74) is 7.17. The van der Waals surface area contributed by atoms with E-state index >= 15 is 0 Å². The van der Waals surface area contributed by atoms with E-state index in [-0.39, 0.29) is 68.7 Å². The number of nitrogens with zero attached hydrogens (tertiary/aromatic N) is 4. The first-order valence-corrected chi connectivity index (χ1v) is 21.8. The number of benzene rings is 3. The summed E-state index contributed by atoms with van der Waals surface area (Å²) in [5.74, 6) is -1.68. The van der Waals surface area contributed by atoms with Gasteiger partial charge in [-0.15, -0.1) is 0 Å². The number of nitrogens with one attached hydrogen (secondary N) is 2. The fourth-order valence-corrected chi connectivity index (χ4v) is 8.07. The second-order valence-electron chi connectivity index (χ2n) is 14.1. The van der Waals surface area contributed by atoms with E-state index in [0.29, 0.717) is 48.7 Å². The molecule has 7 rings (SSSR count). The number of hydrogen-bond acceptors (Lipinski definition) is 16.